The largest absolute Gasteiger partial charge is 0.465 e. The first-order valence-corrected chi connectivity index (χ1v) is 17.7. The summed E-state index contributed by atoms with van der Waals surface area (Å²) in [7, 11) is 5.13. The highest BCUT2D eigenvalue weighted by Gasteiger charge is 2.26. The summed E-state index contributed by atoms with van der Waals surface area (Å²) < 4.78 is 43.4. The van der Waals surface area contributed by atoms with Gasteiger partial charge in [-0.2, -0.15) is 0 Å². The molecule has 7 rings (SSSR count). The molecule has 2 aliphatic heterocycles. The summed E-state index contributed by atoms with van der Waals surface area (Å²) in [5.41, 5.74) is 8.20. The number of hydrogen-bond donors (Lipinski definition) is 0. The number of ether oxygens (including phenoxy) is 8. The van der Waals surface area contributed by atoms with Crippen molar-refractivity contribution in [2.75, 3.05) is 42.0 Å². The van der Waals surface area contributed by atoms with Crippen molar-refractivity contribution in [3.63, 3.8) is 0 Å². The summed E-state index contributed by atoms with van der Waals surface area (Å²) in [5.74, 6) is 0.0504. The number of rotatable bonds is 4. The molecule has 3 aliphatic rings. The van der Waals surface area contributed by atoms with E-state index in [1.54, 1.807) is 24.3 Å². The van der Waals surface area contributed by atoms with Crippen LogP contribution < -0.4 is 18.9 Å². The van der Waals surface area contributed by atoms with E-state index in [0.717, 1.165) is 44.5 Å². The lowest BCUT2D eigenvalue weighted by Gasteiger charge is -2.19. The molecule has 280 valence electrons. The van der Waals surface area contributed by atoms with Crippen LogP contribution in [0.5, 0.6) is 23.0 Å². The number of carbonyl (C=O) groups is 4. The predicted octanol–water partition coefficient (Wildman–Crippen LogP) is 5.74. The number of esters is 4. The lowest BCUT2D eigenvalue weighted by Crippen LogP contribution is -2.15. The fourth-order valence-electron chi connectivity index (χ4n) is 7.49. The zero-order valence-corrected chi connectivity index (χ0v) is 30.6. The van der Waals surface area contributed by atoms with Gasteiger partial charge in [0, 0.05) is 0 Å². The quantitative estimate of drug-likeness (QED) is 0.186. The molecule has 12 nitrogen and oxygen atoms in total. The van der Waals surface area contributed by atoms with E-state index in [1.807, 2.05) is 24.3 Å². The normalized spacial score (nSPS) is 14.4. The molecular weight excluding hydrogens is 696 g/mol. The molecule has 0 spiro atoms. The van der Waals surface area contributed by atoms with Gasteiger partial charge in [-0.15, -0.1) is 0 Å². The van der Waals surface area contributed by atoms with E-state index >= 15 is 0 Å². The van der Waals surface area contributed by atoms with Crippen LogP contribution >= 0.6 is 0 Å². The van der Waals surface area contributed by atoms with Gasteiger partial charge in [0.1, 0.15) is 0 Å². The van der Waals surface area contributed by atoms with E-state index in [1.165, 1.54) is 28.4 Å². The van der Waals surface area contributed by atoms with Crippen LogP contribution in [-0.2, 0) is 70.3 Å². The maximum absolute atomic E-state index is 13.0. The standard InChI is InChI=1S/C42H40O12/c1-47-39(43)31-13-23-5-9-27-17-35-37(53-21-51-35)19-29(27)11-7-25-15-33(41(45)49-3)34(42(46)50-4)16-26(25)8-12-30-20-38-36(52-22-54-38)18-28(30)10-6-24(23)14-32(31)40(44)48-2/h13-20H,5-12,21-22H2,1-4H3. The Hall–Kier alpha value is -6.04. The van der Waals surface area contributed by atoms with Gasteiger partial charge in [-0.1, -0.05) is 0 Å². The Labute approximate surface area is 312 Å². The van der Waals surface area contributed by atoms with Gasteiger partial charge >= 0.3 is 23.9 Å². The summed E-state index contributed by atoms with van der Waals surface area (Å²) in [4.78, 5) is 52.0. The van der Waals surface area contributed by atoms with Crippen LogP contribution in [0.1, 0.15) is 85.9 Å². The molecule has 1 aliphatic carbocycles. The lowest BCUT2D eigenvalue weighted by atomic mass is 9.86. The van der Waals surface area contributed by atoms with Crippen LogP contribution in [0.25, 0.3) is 0 Å². The number of benzene rings is 4. The van der Waals surface area contributed by atoms with Crippen molar-refractivity contribution >= 4 is 23.9 Å². The van der Waals surface area contributed by atoms with E-state index < -0.39 is 23.9 Å². The molecule has 0 fully saturated rings. The minimum Gasteiger partial charge on any atom is -0.465 e. The van der Waals surface area contributed by atoms with Crippen LogP contribution in [0.2, 0.25) is 0 Å². The Morgan fingerprint density at radius 3 is 0.722 bits per heavy atom. The maximum atomic E-state index is 13.0. The first kappa shape index (κ1) is 36.3. The number of methoxy groups -OCH3 is 4. The average Bonchev–Trinajstić information content (AvgIpc) is 3.87. The van der Waals surface area contributed by atoms with E-state index in [2.05, 4.69) is 0 Å². The highest BCUT2D eigenvalue weighted by atomic mass is 16.7. The van der Waals surface area contributed by atoms with Gasteiger partial charge < -0.3 is 37.9 Å². The first-order valence-electron chi connectivity index (χ1n) is 17.7. The van der Waals surface area contributed by atoms with Crippen LogP contribution in [0.3, 0.4) is 0 Å². The zero-order valence-electron chi connectivity index (χ0n) is 30.6. The Morgan fingerprint density at radius 2 is 0.537 bits per heavy atom. The molecule has 0 N–H and O–H groups in total. The van der Waals surface area contributed by atoms with Gasteiger partial charge in [0.15, 0.2) is 23.0 Å². The molecule has 0 aromatic heterocycles. The van der Waals surface area contributed by atoms with E-state index in [-0.39, 0.29) is 35.8 Å². The van der Waals surface area contributed by atoms with Crippen LogP contribution in [0.15, 0.2) is 48.5 Å². The lowest BCUT2D eigenvalue weighted by molar-refractivity contribution is 0.0555. The molecular formula is C42H40O12. The molecule has 4 aromatic carbocycles. The second kappa shape index (κ2) is 15.5. The number of carbonyl (C=O) groups excluding carboxylic acids is 4. The summed E-state index contributed by atoms with van der Waals surface area (Å²) in [5, 5.41) is 0. The Balaban J connectivity index is 1.38. The van der Waals surface area contributed by atoms with Crippen LogP contribution in [0, 0.1) is 0 Å². The Kier molecular flexibility index (Phi) is 10.4. The van der Waals surface area contributed by atoms with Gasteiger partial charge in [-0.3, -0.25) is 0 Å². The van der Waals surface area contributed by atoms with Crippen molar-refractivity contribution in [1.29, 1.82) is 0 Å². The molecule has 0 bridgehead atoms. The highest BCUT2D eigenvalue weighted by molar-refractivity contribution is 6.04. The number of fused-ring (bicyclic) bond motifs is 6. The molecule has 0 amide bonds. The minimum absolute atomic E-state index is 0.113. The SMILES string of the molecule is COC(=O)c1cc2c(cc1C(=O)OC)CCc1cc3c(cc1CCc1cc(C(=O)OC)c(C(=O)OC)cc1CCc1cc4c(cc1CC2)OCO4)OCO3. The topological polar surface area (TPSA) is 142 Å². The van der Waals surface area contributed by atoms with Crippen LogP contribution in [-0.4, -0.2) is 65.9 Å². The molecule has 4 aromatic rings. The summed E-state index contributed by atoms with van der Waals surface area (Å²) in [6.07, 6.45) is 4.45. The maximum Gasteiger partial charge on any atom is 0.338 e. The van der Waals surface area contributed by atoms with Gasteiger partial charge in [0.05, 0.1) is 50.7 Å². The van der Waals surface area contributed by atoms with Crippen molar-refractivity contribution in [1.82, 2.24) is 0 Å². The Morgan fingerprint density at radius 1 is 0.352 bits per heavy atom. The summed E-state index contributed by atoms with van der Waals surface area (Å²) in [6, 6.07) is 14.9. The van der Waals surface area contributed by atoms with Crippen molar-refractivity contribution in [2.45, 2.75) is 51.4 Å². The molecule has 12 heteroatoms. The molecule has 0 saturated carbocycles. The van der Waals surface area contributed by atoms with Crippen molar-refractivity contribution in [3.05, 3.63) is 115 Å². The van der Waals surface area contributed by atoms with E-state index in [9.17, 15) is 19.2 Å². The fraction of sp³-hybridized carbons (Fsp3) is 0.333. The zero-order chi connectivity index (χ0) is 37.9. The van der Waals surface area contributed by atoms with Crippen molar-refractivity contribution < 1.29 is 57.1 Å². The molecule has 0 radical (unpaired) electrons. The Bertz CT molecular complexity index is 1870. The highest BCUT2D eigenvalue weighted by Crippen LogP contribution is 2.38. The number of hydrogen-bond acceptors (Lipinski definition) is 12. The van der Waals surface area contributed by atoms with Crippen molar-refractivity contribution in [2.24, 2.45) is 0 Å². The minimum atomic E-state index is -0.632. The van der Waals surface area contributed by atoms with E-state index in [0.29, 0.717) is 74.4 Å². The summed E-state index contributed by atoms with van der Waals surface area (Å²) >= 11 is 0. The van der Waals surface area contributed by atoms with Crippen LogP contribution in [0.4, 0.5) is 0 Å². The third kappa shape index (κ3) is 7.15. The molecule has 0 unspecified atom stereocenters. The average molecular weight is 737 g/mol. The second-order valence-electron chi connectivity index (χ2n) is 13.2. The van der Waals surface area contributed by atoms with Gasteiger partial charge in [0.2, 0.25) is 13.6 Å². The van der Waals surface area contributed by atoms with Crippen molar-refractivity contribution in [3.8, 4) is 23.0 Å². The summed E-state index contributed by atoms with van der Waals surface area (Å²) in [6.45, 7) is 0.225. The smallest absolute Gasteiger partial charge is 0.338 e. The van der Waals surface area contributed by atoms with Gasteiger partial charge in [-0.25, -0.2) is 19.2 Å². The monoisotopic (exact) mass is 736 g/mol. The number of aryl methyl sites for hydroxylation is 8. The fourth-order valence-corrected chi connectivity index (χ4v) is 7.49. The van der Waals surface area contributed by atoms with Gasteiger partial charge in [0.25, 0.3) is 0 Å². The third-order valence-corrected chi connectivity index (χ3v) is 10.3. The molecule has 2 heterocycles. The molecule has 0 atom stereocenters. The van der Waals surface area contributed by atoms with Gasteiger partial charge in [-0.05, 0) is 144 Å². The molecule has 0 saturated heterocycles. The first-order chi connectivity index (χ1) is 26.2. The predicted molar refractivity (Wildman–Crippen MR) is 193 cm³/mol. The third-order valence-electron chi connectivity index (χ3n) is 10.3. The van der Waals surface area contributed by atoms with E-state index in [4.69, 9.17) is 37.9 Å². The molecule has 54 heavy (non-hydrogen) atoms. The second-order valence-corrected chi connectivity index (χ2v) is 13.2.